The zero-order chi connectivity index (χ0) is 21.2. The van der Waals surface area contributed by atoms with Crippen molar-refractivity contribution in [1.29, 1.82) is 0 Å². The van der Waals surface area contributed by atoms with E-state index in [1.54, 1.807) is 48.5 Å². The molecule has 0 radical (unpaired) electrons. The van der Waals surface area contributed by atoms with Gasteiger partial charge in [0.25, 0.3) is 0 Å². The summed E-state index contributed by atoms with van der Waals surface area (Å²) in [6.45, 7) is 0.174. The van der Waals surface area contributed by atoms with Gasteiger partial charge in [0.05, 0.1) is 0 Å². The molecule has 0 aromatic heterocycles. The maximum atomic E-state index is 13.5. The van der Waals surface area contributed by atoms with Crippen molar-refractivity contribution >= 4 is 13.6 Å². The lowest BCUT2D eigenvalue weighted by atomic mass is 10.2. The Bertz CT molecular complexity index is 921. The minimum atomic E-state index is -3.82. The van der Waals surface area contributed by atoms with Crippen molar-refractivity contribution in [3.8, 4) is 11.5 Å². The molecule has 3 rings (SSSR count). The lowest BCUT2D eigenvalue weighted by Gasteiger charge is -2.25. The van der Waals surface area contributed by atoms with Gasteiger partial charge in [-0.3, -0.25) is 4.79 Å². The van der Waals surface area contributed by atoms with E-state index in [4.69, 9.17) is 19.5 Å². The van der Waals surface area contributed by atoms with Gasteiger partial charge in [-0.25, -0.2) is 4.57 Å². The van der Waals surface area contributed by atoms with Crippen LogP contribution in [0.5, 0.6) is 11.5 Å². The van der Waals surface area contributed by atoms with Crippen LogP contribution in [0.15, 0.2) is 91.0 Å². The van der Waals surface area contributed by atoms with E-state index in [9.17, 15) is 9.36 Å². The lowest BCUT2D eigenvalue weighted by molar-refractivity contribution is -0.145. The second kappa shape index (κ2) is 10.6. The lowest BCUT2D eigenvalue weighted by Crippen LogP contribution is -2.27. The van der Waals surface area contributed by atoms with Crippen molar-refractivity contribution in [2.75, 3.05) is 0 Å². The normalized spacial score (nSPS) is 12.0. The molecular formula is C23H24NO5P. The van der Waals surface area contributed by atoms with Gasteiger partial charge in [-0.1, -0.05) is 66.7 Å². The molecule has 3 aromatic carbocycles. The van der Waals surface area contributed by atoms with Crippen LogP contribution in [0.2, 0.25) is 0 Å². The summed E-state index contributed by atoms with van der Waals surface area (Å²) in [6, 6.07) is 26.7. The topological polar surface area (TPSA) is 87.9 Å². The Morgan fingerprint density at radius 3 is 1.77 bits per heavy atom. The van der Waals surface area contributed by atoms with Crippen LogP contribution >= 0.6 is 7.60 Å². The molecule has 0 aliphatic carbocycles. The molecule has 0 heterocycles. The molecule has 7 heteroatoms. The summed E-state index contributed by atoms with van der Waals surface area (Å²) in [6.07, 6.45) is 0.0822. The molecule has 6 nitrogen and oxygen atoms in total. The number of hydrogen-bond acceptors (Lipinski definition) is 6. The van der Waals surface area contributed by atoms with Gasteiger partial charge in [0.1, 0.15) is 23.9 Å². The first-order valence-electron chi connectivity index (χ1n) is 9.59. The van der Waals surface area contributed by atoms with E-state index in [2.05, 4.69) is 0 Å². The van der Waals surface area contributed by atoms with Crippen molar-refractivity contribution in [3.05, 3.63) is 96.6 Å². The summed E-state index contributed by atoms with van der Waals surface area (Å²) in [5.41, 5.74) is 7.07. The largest absolute Gasteiger partial charge is 0.461 e. The van der Waals surface area contributed by atoms with E-state index in [1.807, 2.05) is 42.5 Å². The van der Waals surface area contributed by atoms with Crippen LogP contribution in [0.25, 0.3) is 0 Å². The summed E-state index contributed by atoms with van der Waals surface area (Å²) in [5.74, 6) is -0.694. The van der Waals surface area contributed by atoms with E-state index in [0.29, 0.717) is 11.5 Å². The van der Waals surface area contributed by atoms with Crippen molar-refractivity contribution < 1.29 is 23.1 Å². The summed E-state index contributed by atoms with van der Waals surface area (Å²) in [7, 11) is -3.82. The Kier molecular flexibility index (Phi) is 7.66. The SMILES string of the molecule is NC(CCC(=O)OCc1ccccc1)P(=O)(Oc1ccccc1)Oc1ccccc1. The molecule has 0 amide bonds. The minimum absolute atomic E-state index is 0.00567. The van der Waals surface area contributed by atoms with Gasteiger partial charge in [0, 0.05) is 6.42 Å². The van der Waals surface area contributed by atoms with Crippen LogP contribution in [0.4, 0.5) is 0 Å². The number of carbonyl (C=O) groups excluding carboxylic acids is 1. The van der Waals surface area contributed by atoms with Crippen LogP contribution in [-0.4, -0.2) is 11.8 Å². The van der Waals surface area contributed by atoms with Gasteiger partial charge in [0.2, 0.25) is 0 Å². The molecule has 0 spiro atoms. The second-order valence-corrected chi connectivity index (χ2v) is 8.71. The maximum Gasteiger partial charge on any atom is 0.447 e. The molecule has 30 heavy (non-hydrogen) atoms. The van der Waals surface area contributed by atoms with Crippen molar-refractivity contribution in [2.45, 2.75) is 25.2 Å². The third-order valence-corrected chi connectivity index (χ3v) is 6.25. The zero-order valence-electron chi connectivity index (χ0n) is 16.4. The molecular weight excluding hydrogens is 401 g/mol. The van der Waals surface area contributed by atoms with Gasteiger partial charge < -0.3 is 19.5 Å². The Morgan fingerprint density at radius 2 is 1.27 bits per heavy atom. The molecule has 0 bridgehead atoms. The Morgan fingerprint density at radius 1 is 0.800 bits per heavy atom. The van der Waals surface area contributed by atoms with E-state index >= 15 is 0 Å². The van der Waals surface area contributed by atoms with Gasteiger partial charge in [0.15, 0.2) is 0 Å². The fourth-order valence-corrected chi connectivity index (χ4v) is 4.23. The molecule has 2 N–H and O–H groups in total. The predicted molar refractivity (Wildman–Crippen MR) is 115 cm³/mol. The van der Waals surface area contributed by atoms with Crippen LogP contribution < -0.4 is 14.8 Å². The number of carbonyl (C=O) groups is 1. The van der Waals surface area contributed by atoms with Crippen LogP contribution in [0, 0.1) is 0 Å². The number of para-hydroxylation sites is 2. The Labute approximate surface area is 176 Å². The highest BCUT2D eigenvalue weighted by atomic mass is 31.2. The average Bonchev–Trinajstić information content (AvgIpc) is 2.78. The van der Waals surface area contributed by atoms with Gasteiger partial charge >= 0.3 is 13.6 Å². The van der Waals surface area contributed by atoms with Gasteiger partial charge in [-0.05, 0) is 36.2 Å². The third kappa shape index (κ3) is 6.48. The Hall–Kier alpha value is -3.08. The number of rotatable bonds is 10. The molecule has 0 fully saturated rings. The molecule has 0 aliphatic rings. The fraction of sp³-hybridized carbons (Fsp3) is 0.174. The molecule has 0 saturated heterocycles. The number of ether oxygens (including phenoxy) is 1. The van der Waals surface area contributed by atoms with Crippen LogP contribution in [-0.2, 0) is 20.7 Å². The highest BCUT2D eigenvalue weighted by Gasteiger charge is 2.37. The van der Waals surface area contributed by atoms with Crippen LogP contribution in [0.1, 0.15) is 18.4 Å². The van der Waals surface area contributed by atoms with E-state index in [1.165, 1.54) is 0 Å². The molecule has 1 atom stereocenters. The zero-order valence-corrected chi connectivity index (χ0v) is 17.3. The number of nitrogens with two attached hydrogens (primary N) is 1. The van der Waals surface area contributed by atoms with E-state index < -0.39 is 19.3 Å². The molecule has 156 valence electrons. The first-order chi connectivity index (χ1) is 14.5. The monoisotopic (exact) mass is 425 g/mol. The van der Waals surface area contributed by atoms with Crippen molar-refractivity contribution in [2.24, 2.45) is 5.73 Å². The van der Waals surface area contributed by atoms with Crippen molar-refractivity contribution in [1.82, 2.24) is 0 Å². The fourth-order valence-electron chi connectivity index (χ4n) is 2.64. The highest BCUT2D eigenvalue weighted by molar-refractivity contribution is 7.55. The third-order valence-electron chi connectivity index (χ3n) is 4.24. The summed E-state index contributed by atoms with van der Waals surface area (Å²) < 4.78 is 30.2. The predicted octanol–water partition coefficient (Wildman–Crippen LogP) is 5.15. The smallest absolute Gasteiger partial charge is 0.447 e. The van der Waals surface area contributed by atoms with Gasteiger partial charge in [-0.15, -0.1) is 0 Å². The molecule has 3 aromatic rings. The van der Waals surface area contributed by atoms with E-state index in [0.717, 1.165) is 5.56 Å². The first-order valence-corrected chi connectivity index (χ1v) is 11.2. The molecule has 1 unspecified atom stereocenters. The first kappa shape index (κ1) is 21.6. The quantitative estimate of drug-likeness (QED) is 0.357. The average molecular weight is 425 g/mol. The standard InChI is InChI=1S/C23H24NO5P/c24-22(16-17-23(25)27-18-19-10-4-1-5-11-19)30(26,28-20-12-6-2-7-13-20)29-21-14-8-3-9-15-21/h1-15,22H,16-18,24H2. The maximum absolute atomic E-state index is 13.5. The number of benzene rings is 3. The molecule has 0 aliphatic heterocycles. The molecule has 0 saturated carbocycles. The second-order valence-electron chi connectivity index (χ2n) is 6.60. The van der Waals surface area contributed by atoms with E-state index in [-0.39, 0.29) is 19.4 Å². The van der Waals surface area contributed by atoms with Crippen LogP contribution in [0.3, 0.4) is 0 Å². The summed E-state index contributed by atoms with van der Waals surface area (Å²) in [5, 5.41) is 0. The Balaban J connectivity index is 1.63. The number of esters is 1. The van der Waals surface area contributed by atoms with Gasteiger partial charge in [-0.2, -0.15) is 0 Å². The summed E-state index contributed by atoms with van der Waals surface area (Å²) >= 11 is 0. The highest BCUT2D eigenvalue weighted by Crippen LogP contribution is 2.52. The number of hydrogen-bond donors (Lipinski definition) is 1. The van der Waals surface area contributed by atoms with Crippen molar-refractivity contribution in [3.63, 3.8) is 0 Å². The summed E-state index contributed by atoms with van der Waals surface area (Å²) in [4.78, 5) is 12.1. The minimum Gasteiger partial charge on any atom is -0.461 e.